The van der Waals surface area contributed by atoms with Crippen molar-refractivity contribution < 1.29 is 14.3 Å². The molecule has 104 valence electrons. The van der Waals surface area contributed by atoms with E-state index in [1.165, 1.54) is 12.0 Å². The van der Waals surface area contributed by atoms with Crippen LogP contribution in [0, 0.1) is 0 Å². The summed E-state index contributed by atoms with van der Waals surface area (Å²) in [7, 11) is 1.67. The van der Waals surface area contributed by atoms with Gasteiger partial charge in [0.25, 0.3) is 0 Å². The number of hydrogen-bond donors (Lipinski definition) is 0. The van der Waals surface area contributed by atoms with Gasteiger partial charge < -0.3 is 9.47 Å². The van der Waals surface area contributed by atoms with Gasteiger partial charge >= 0.3 is 5.97 Å². The number of hydrogen-bond acceptors (Lipinski definition) is 3. The molecule has 1 aliphatic rings. The topological polar surface area (TPSA) is 35.5 Å². The van der Waals surface area contributed by atoms with Gasteiger partial charge in [0.15, 0.2) is 0 Å². The third-order valence-electron chi connectivity index (χ3n) is 3.82. The van der Waals surface area contributed by atoms with Crippen molar-refractivity contribution in [3.8, 4) is 5.75 Å². The lowest BCUT2D eigenvalue weighted by Crippen LogP contribution is -2.28. The van der Waals surface area contributed by atoms with Gasteiger partial charge in [-0.15, -0.1) is 0 Å². The number of benzene rings is 1. The van der Waals surface area contributed by atoms with E-state index in [4.69, 9.17) is 9.47 Å². The smallest absolute Gasteiger partial charge is 0.305 e. The molecule has 0 heterocycles. The monoisotopic (exact) mass is 262 g/mol. The van der Waals surface area contributed by atoms with E-state index in [1.54, 1.807) is 7.11 Å². The first kappa shape index (κ1) is 13.9. The maximum atomic E-state index is 11.5. The van der Waals surface area contributed by atoms with Crippen molar-refractivity contribution in [2.24, 2.45) is 0 Å². The predicted octanol–water partition coefficient (Wildman–Crippen LogP) is 3.67. The minimum absolute atomic E-state index is 0.0367. The lowest BCUT2D eigenvalue weighted by molar-refractivity contribution is -0.151. The Morgan fingerprint density at radius 3 is 2.53 bits per heavy atom. The number of rotatable bonds is 4. The predicted molar refractivity (Wildman–Crippen MR) is 74.4 cm³/mol. The molecule has 1 aromatic rings. The first-order valence-corrected chi connectivity index (χ1v) is 7.08. The molecule has 0 saturated heterocycles. The molecule has 0 aromatic heterocycles. The van der Waals surface area contributed by atoms with Crippen LogP contribution in [-0.2, 0) is 9.53 Å². The maximum absolute atomic E-state index is 11.5. The molecule has 0 aliphatic heterocycles. The first-order valence-electron chi connectivity index (χ1n) is 7.08. The Balaban J connectivity index is 2.11. The van der Waals surface area contributed by atoms with Gasteiger partial charge in [-0.25, -0.2) is 0 Å². The van der Waals surface area contributed by atoms with Crippen LogP contribution in [0.5, 0.6) is 5.75 Å². The van der Waals surface area contributed by atoms with Gasteiger partial charge in [-0.1, -0.05) is 25.5 Å². The molecule has 1 saturated carbocycles. The third kappa shape index (κ3) is 3.49. The average molecular weight is 262 g/mol. The van der Waals surface area contributed by atoms with Gasteiger partial charge in [-0.3, -0.25) is 4.79 Å². The lowest BCUT2D eigenvalue weighted by Gasteiger charge is -2.31. The van der Waals surface area contributed by atoms with Crippen molar-refractivity contribution in [1.82, 2.24) is 0 Å². The van der Waals surface area contributed by atoms with Gasteiger partial charge in [0.05, 0.1) is 7.11 Å². The summed E-state index contributed by atoms with van der Waals surface area (Å²) < 4.78 is 10.8. The Kier molecular flexibility index (Phi) is 4.83. The van der Waals surface area contributed by atoms with Gasteiger partial charge in [0.1, 0.15) is 11.9 Å². The molecule has 3 nitrogen and oxygen atoms in total. The van der Waals surface area contributed by atoms with Crippen LogP contribution in [-0.4, -0.2) is 19.2 Å². The molecule has 0 amide bonds. The fraction of sp³-hybridized carbons (Fsp3) is 0.562. The zero-order valence-corrected chi connectivity index (χ0v) is 11.7. The van der Waals surface area contributed by atoms with E-state index in [0.29, 0.717) is 12.3 Å². The number of carbonyl (C=O) groups excluding carboxylic acids is 1. The summed E-state index contributed by atoms with van der Waals surface area (Å²) >= 11 is 0. The Morgan fingerprint density at radius 1 is 1.21 bits per heavy atom. The summed E-state index contributed by atoms with van der Waals surface area (Å²) in [4.78, 5) is 11.5. The molecular weight excluding hydrogens is 240 g/mol. The lowest BCUT2D eigenvalue weighted by atomic mass is 9.81. The van der Waals surface area contributed by atoms with Crippen LogP contribution in [0.3, 0.4) is 0 Å². The van der Waals surface area contributed by atoms with Gasteiger partial charge in [-0.2, -0.15) is 0 Å². The Hall–Kier alpha value is -1.51. The molecule has 19 heavy (non-hydrogen) atoms. The molecule has 2 unspecified atom stereocenters. The molecule has 2 rings (SSSR count). The SMILES string of the molecule is CCC(=O)OC1CCCCC1c1ccc(OC)cc1. The summed E-state index contributed by atoms with van der Waals surface area (Å²) in [6, 6.07) is 8.12. The number of carbonyl (C=O) groups is 1. The second kappa shape index (κ2) is 6.60. The van der Waals surface area contributed by atoms with E-state index >= 15 is 0 Å². The Morgan fingerprint density at radius 2 is 1.89 bits per heavy atom. The standard InChI is InChI=1S/C16H22O3/c1-3-16(17)19-15-7-5-4-6-14(15)12-8-10-13(18-2)11-9-12/h8-11,14-15H,3-7H2,1-2H3. The summed E-state index contributed by atoms with van der Waals surface area (Å²) in [6.07, 6.45) is 4.91. The van der Waals surface area contributed by atoms with E-state index < -0.39 is 0 Å². The number of methoxy groups -OCH3 is 1. The minimum Gasteiger partial charge on any atom is -0.497 e. The van der Waals surface area contributed by atoms with Crippen LogP contribution in [0.1, 0.15) is 50.5 Å². The summed E-state index contributed by atoms with van der Waals surface area (Å²) in [5.74, 6) is 1.10. The second-order valence-corrected chi connectivity index (χ2v) is 5.05. The van der Waals surface area contributed by atoms with E-state index in [2.05, 4.69) is 12.1 Å². The second-order valence-electron chi connectivity index (χ2n) is 5.05. The highest BCUT2D eigenvalue weighted by Crippen LogP contribution is 2.35. The van der Waals surface area contributed by atoms with Crippen molar-refractivity contribution in [1.29, 1.82) is 0 Å². The molecule has 0 N–H and O–H groups in total. The van der Waals surface area contributed by atoms with Crippen molar-refractivity contribution in [2.45, 2.75) is 51.0 Å². The fourth-order valence-electron chi connectivity index (χ4n) is 2.72. The number of ether oxygens (including phenoxy) is 2. The average Bonchev–Trinajstić information content (AvgIpc) is 2.48. The van der Waals surface area contributed by atoms with Crippen molar-refractivity contribution >= 4 is 5.97 Å². The van der Waals surface area contributed by atoms with E-state index in [-0.39, 0.29) is 12.1 Å². The highest BCUT2D eigenvalue weighted by Gasteiger charge is 2.29. The molecule has 1 fully saturated rings. The van der Waals surface area contributed by atoms with Crippen LogP contribution in [0.4, 0.5) is 0 Å². The minimum atomic E-state index is -0.0922. The number of esters is 1. The normalized spacial score (nSPS) is 22.8. The summed E-state index contributed by atoms with van der Waals surface area (Å²) in [6.45, 7) is 1.84. The molecule has 0 spiro atoms. The largest absolute Gasteiger partial charge is 0.497 e. The van der Waals surface area contributed by atoms with Gasteiger partial charge in [0.2, 0.25) is 0 Å². The zero-order valence-electron chi connectivity index (χ0n) is 11.7. The molecule has 3 heteroatoms. The highest BCUT2D eigenvalue weighted by atomic mass is 16.5. The van der Waals surface area contributed by atoms with Crippen molar-refractivity contribution in [2.75, 3.05) is 7.11 Å². The summed E-state index contributed by atoms with van der Waals surface area (Å²) in [5, 5.41) is 0. The third-order valence-corrected chi connectivity index (χ3v) is 3.82. The molecule has 1 aromatic carbocycles. The van der Waals surface area contributed by atoms with E-state index in [9.17, 15) is 4.79 Å². The molecule has 2 atom stereocenters. The molecular formula is C16H22O3. The Labute approximate surface area is 114 Å². The molecule has 0 radical (unpaired) electrons. The van der Waals surface area contributed by atoms with Gasteiger partial charge in [0, 0.05) is 12.3 Å². The fourth-order valence-corrected chi connectivity index (χ4v) is 2.72. The van der Waals surface area contributed by atoms with Crippen LogP contribution >= 0.6 is 0 Å². The van der Waals surface area contributed by atoms with Crippen LogP contribution in [0.15, 0.2) is 24.3 Å². The molecule has 1 aliphatic carbocycles. The van der Waals surface area contributed by atoms with Crippen LogP contribution in [0.25, 0.3) is 0 Å². The van der Waals surface area contributed by atoms with Crippen LogP contribution in [0.2, 0.25) is 0 Å². The Bertz CT molecular complexity index is 411. The van der Waals surface area contributed by atoms with Crippen molar-refractivity contribution in [3.05, 3.63) is 29.8 Å². The molecule has 0 bridgehead atoms. The van der Waals surface area contributed by atoms with E-state index in [1.807, 2.05) is 19.1 Å². The quantitative estimate of drug-likeness (QED) is 0.777. The van der Waals surface area contributed by atoms with E-state index in [0.717, 1.165) is 25.0 Å². The summed E-state index contributed by atoms with van der Waals surface area (Å²) in [5.41, 5.74) is 1.24. The highest BCUT2D eigenvalue weighted by molar-refractivity contribution is 5.69. The first-order chi connectivity index (χ1) is 9.24. The van der Waals surface area contributed by atoms with Crippen molar-refractivity contribution in [3.63, 3.8) is 0 Å². The van der Waals surface area contributed by atoms with Crippen LogP contribution < -0.4 is 4.74 Å². The van der Waals surface area contributed by atoms with Gasteiger partial charge in [-0.05, 0) is 37.0 Å². The zero-order chi connectivity index (χ0) is 13.7. The maximum Gasteiger partial charge on any atom is 0.305 e.